The Labute approximate surface area is 122 Å². The molecule has 0 aromatic heterocycles. The van der Waals surface area contributed by atoms with Gasteiger partial charge in [-0.1, -0.05) is 28.1 Å². The van der Waals surface area contributed by atoms with Crippen molar-refractivity contribution >= 4 is 27.5 Å². The molecule has 1 saturated heterocycles. The summed E-state index contributed by atoms with van der Waals surface area (Å²) in [5.41, 5.74) is 1.19. The maximum absolute atomic E-state index is 5.94. The lowest BCUT2D eigenvalue weighted by atomic mass is 10.0. The monoisotopic (exact) mass is 331 g/mol. The summed E-state index contributed by atoms with van der Waals surface area (Å²) in [4.78, 5) is 2.42. The Morgan fingerprint density at radius 2 is 2.28 bits per heavy atom. The van der Waals surface area contributed by atoms with Crippen molar-refractivity contribution in [2.24, 2.45) is 0 Å². The number of nitrogens with zero attached hydrogens (tertiary/aromatic N) is 1. The highest BCUT2D eigenvalue weighted by Gasteiger charge is 2.32. The molecule has 0 aliphatic carbocycles. The first-order chi connectivity index (χ1) is 8.48. The maximum Gasteiger partial charge on any atom is 0.0845 e. The molecule has 2 rings (SSSR count). The van der Waals surface area contributed by atoms with Gasteiger partial charge in [-0.2, -0.15) is 0 Å². The standard InChI is InChI=1S/C14H19BrClNO/c1-14(2)10-17(9-13(7-16)18-14)8-11-4-3-5-12(15)6-11/h3-6,13H,7-10H2,1-2H3. The van der Waals surface area contributed by atoms with Crippen molar-refractivity contribution in [3.8, 4) is 0 Å². The fraction of sp³-hybridized carbons (Fsp3) is 0.571. The number of rotatable bonds is 3. The van der Waals surface area contributed by atoms with Crippen LogP contribution in [0.3, 0.4) is 0 Å². The van der Waals surface area contributed by atoms with Crippen LogP contribution in [0.5, 0.6) is 0 Å². The minimum atomic E-state index is -0.121. The van der Waals surface area contributed by atoms with Gasteiger partial charge in [0, 0.05) is 30.0 Å². The molecule has 18 heavy (non-hydrogen) atoms. The van der Waals surface area contributed by atoms with Gasteiger partial charge in [-0.05, 0) is 31.5 Å². The van der Waals surface area contributed by atoms with Crippen molar-refractivity contribution in [1.29, 1.82) is 0 Å². The SMILES string of the molecule is CC1(C)CN(Cc2cccc(Br)c2)CC(CCl)O1. The first kappa shape index (κ1) is 14.3. The molecule has 2 nitrogen and oxygen atoms in total. The molecule has 1 atom stereocenters. The third-order valence-electron chi connectivity index (χ3n) is 3.02. The highest BCUT2D eigenvalue weighted by atomic mass is 79.9. The predicted molar refractivity (Wildman–Crippen MR) is 79.1 cm³/mol. The molecule has 0 saturated carbocycles. The minimum absolute atomic E-state index is 0.121. The van der Waals surface area contributed by atoms with Crippen LogP contribution in [0.1, 0.15) is 19.4 Å². The normalized spacial score (nSPS) is 24.1. The van der Waals surface area contributed by atoms with Crippen LogP contribution in [0.25, 0.3) is 0 Å². The molecule has 0 spiro atoms. The second-order valence-corrected chi connectivity index (χ2v) is 6.68. The Morgan fingerprint density at radius 3 is 2.94 bits per heavy atom. The zero-order valence-corrected chi connectivity index (χ0v) is 13.2. The number of alkyl halides is 1. The highest BCUT2D eigenvalue weighted by molar-refractivity contribution is 9.10. The lowest BCUT2D eigenvalue weighted by Crippen LogP contribution is -2.52. The molecule has 4 heteroatoms. The van der Waals surface area contributed by atoms with Gasteiger partial charge in [0.2, 0.25) is 0 Å². The number of ether oxygens (including phenoxy) is 1. The molecule has 1 fully saturated rings. The van der Waals surface area contributed by atoms with E-state index in [1.807, 2.05) is 6.07 Å². The van der Waals surface area contributed by atoms with E-state index in [4.69, 9.17) is 16.3 Å². The smallest absolute Gasteiger partial charge is 0.0845 e. The quantitative estimate of drug-likeness (QED) is 0.783. The fourth-order valence-corrected chi connectivity index (χ4v) is 3.12. The van der Waals surface area contributed by atoms with E-state index in [2.05, 4.69) is 52.9 Å². The van der Waals surface area contributed by atoms with E-state index in [0.717, 1.165) is 24.1 Å². The van der Waals surface area contributed by atoms with Gasteiger partial charge in [-0.15, -0.1) is 11.6 Å². The van der Waals surface area contributed by atoms with Crippen LogP contribution in [-0.2, 0) is 11.3 Å². The van der Waals surface area contributed by atoms with Crippen molar-refractivity contribution in [2.45, 2.75) is 32.1 Å². The van der Waals surface area contributed by atoms with E-state index in [9.17, 15) is 0 Å². The number of hydrogen-bond acceptors (Lipinski definition) is 2. The van der Waals surface area contributed by atoms with Gasteiger partial charge in [0.1, 0.15) is 0 Å². The number of benzene rings is 1. The third-order valence-corrected chi connectivity index (χ3v) is 3.86. The molecule has 1 aliphatic rings. The Morgan fingerprint density at radius 1 is 1.50 bits per heavy atom. The van der Waals surface area contributed by atoms with E-state index in [0.29, 0.717) is 5.88 Å². The van der Waals surface area contributed by atoms with Crippen molar-refractivity contribution in [3.05, 3.63) is 34.3 Å². The molecule has 1 aliphatic heterocycles. The third kappa shape index (κ3) is 3.95. The summed E-state index contributed by atoms with van der Waals surface area (Å²) < 4.78 is 7.06. The Kier molecular flexibility index (Phi) is 4.70. The second-order valence-electron chi connectivity index (χ2n) is 5.45. The van der Waals surface area contributed by atoms with Crippen molar-refractivity contribution in [2.75, 3.05) is 19.0 Å². The lowest BCUT2D eigenvalue weighted by molar-refractivity contribution is -0.129. The fourth-order valence-electron chi connectivity index (χ4n) is 2.51. The van der Waals surface area contributed by atoms with Crippen LogP contribution < -0.4 is 0 Å². The molecule has 1 heterocycles. The molecule has 0 amide bonds. The van der Waals surface area contributed by atoms with Crippen LogP contribution in [0.15, 0.2) is 28.7 Å². The van der Waals surface area contributed by atoms with Crippen LogP contribution in [-0.4, -0.2) is 35.6 Å². The van der Waals surface area contributed by atoms with Gasteiger partial charge < -0.3 is 4.74 Å². The Hall–Kier alpha value is -0.0900. The van der Waals surface area contributed by atoms with E-state index in [1.54, 1.807) is 0 Å². The summed E-state index contributed by atoms with van der Waals surface area (Å²) in [6.07, 6.45) is 0.127. The maximum atomic E-state index is 5.94. The van der Waals surface area contributed by atoms with Crippen LogP contribution in [0.4, 0.5) is 0 Å². The first-order valence-corrected chi connectivity index (χ1v) is 7.52. The molecule has 0 N–H and O–H groups in total. The molecule has 1 aromatic carbocycles. The summed E-state index contributed by atoms with van der Waals surface area (Å²) in [5, 5.41) is 0. The van der Waals surface area contributed by atoms with Gasteiger partial charge in [-0.25, -0.2) is 0 Å². The average molecular weight is 333 g/mol. The van der Waals surface area contributed by atoms with E-state index < -0.39 is 0 Å². The summed E-state index contributed by atoms with van der Waals surface area (Å²) in [6, 6.07) is 8.44. The number of hydrogen-bond donors (Lipinski definition) is 0. The summed E-state index contributed by atoms with van der Waals surface area (Å²) in [7, 11) is 0. The highest BCUT2D eigenvalue weighted by Crippen LogP contribution is 2.23. The van der Waals surface area contributed by atoms with Gasteiger partial charge in [0.15, 0.2) is 0 Å². The van der Waals surface area contributed by atoms with E-state index >= 15 is 0 Å². The Bertz CT molecular complexity index is 411. The molecular formula is C14H19BrClNO. The second kappa shape index (κ2) is 5.91. The Balaban J connectivity index is 2.04. The molecule has 100 valence electrons. The average Bonchev–Trinajstić information content (AvgIpc) is 2.26. The predicted octanol–water partition coefficient (Wildman–Crippen LogP) is 3.67. The molecule has 0 bridgehead atoms. The van der Waals surface area contributed by atoms with E-state index in [-0.39, 0.29) is 11.7 Å². The minimum Gasteiger partial charge on any atom is -0.368 e. The van der Waals surface area contributed by atoms with Crippen LogP contribution >= 0.6 is 27.5 Å². The zero-order chi connectivity index (χ0) is 13.2. The van der Waals surface area contributed by atoms with Gasteiger partial charge in [0.05, 0.1) is 11.7 Å². The molecule has 1 aromatic rings. The summed E-state index contributed by atoms with van der Waals surface area (Å²) in [5.74, 6) is 0.554. The topological polar surface area (TPSA) is 12.5 Å². The van der Waals surface area contributed by atoms with Gasteiger partial charge >= 0.3 is 0 Å². The van der Waals surface area contributed by atoms with E-state index in [1.165, 1.54) is 5.56 Å². The van der Waals surface area contributed by atoms with Crippen molar-refractivity contribution < 1.29 is 4.74 Å². The van der Waals surface area contributed by atoms with Crippen molar-refractivity contribution in [3.63, 3.8) is 0 Å². The summed E-state index contributed by atoms with van der Waals surface area (Å²) in [6.45, 7) is 7.03. The molecule has 0 radical (unpaired) electrons. The zero-order valence-electron chi connectivity index (χ0n) is 10.8. The molecular weight excluding hydrogens is 314 g/mol. The lowest BCUT2D eigenvalue weighted by Gasteiger charge is -2.42. The van der Waals surface area contributed by atoms with Gasteiger partial charge in [0.25, 0.3) is 0 Å². The number of morpholine rings is 1. The summed E-state index contributed by atoms with van der Waals surface area (Å²) >= 11 is 9.45. The molecule has 1 unspecified atom stereocenters. The number of halogens is 2. The van der Waals surface area contributed by atoms with Crippen LogP contribution in [0, 0.1) is 0 Å². The van der Waals surface area contributed by atoms with Crippen molar-refractivity contribution in [1.82, 2.24) is 4.90 Å². The van der Waals surface area contributed by atoms with Gasteiger partial charge in [-0.3, -0.25) is 4.90 Å². The first-order valence-electron chi connectivity index (χ1n) is 6.19. The largest absolute Gasteiger partial charge is 0.368 e. The van der Waals surface area contributed by atoms with Crippen LogP contribution in [0.2, 0.25) is 0 Å².